The maximum Gasteiger partial charge on any atom is 0.145 e. The van der Waals surface area contributed by atoms with Crippen molar-refractivity contribution in [3.05, 3.63) is 48.7 Å². The van der Waals surface area contributed by atoms with Crippen molar-refractivity contribution in [2.45, 2.75) is 6.10 Å². The molecule has 0 aromatic carbocycles. The van der Waals surface area contributed by atoms with Gasteiger partial charge in [0, 0.05) is 6.20 Å². The molecule has 1 atom stereocenters. The molecule has 0 saturated heterocycles. The van der Waals surface area contributed by atoms with E-state index in [-0.39, 0.29) is 6.61 Å². The summed E-state index contributed by atoms with van der Waals surface area (Å²) in [7, 11) is 0. The van der Waals surface area contributed by atoms with Crippen LogP contribution in [0.2, 0.25) is 0 Å². The SMILES string of the molecule is OC(COc1cccnc1)c1ccco1. The number of rotatable bonds is 4. The minimum absolute atomic E-state index is 0.152. The maximum atomic E-state index is 9.63. The number of pyridine rings is 1. The van der Waals surface area contributed by atoms with E-state index >= 15 is 0 Å². The normalized spacial score (nSPS) is 12.3. The summed E-state index contributed by atoms with van der Waals surface area (Å²) in [6.45, 7) is 0.152. The Morgan fingerprint density at radius 3 is 3.00 bits per heavy atom. The van der Waals surface area contributed by atoms with Crippen LogP contribution in [0.25, 0.3) is 0 Å². The third kappa shape index (κ3) is 2.57. The van der Waals surface area contributed by atoms with Crippen molar-refractivity contribution in [1.82, 2.24) is 4.98 Å². The highest BCUT2D eigenvalue weighted by Crippen LogP contribution is 2.15. The third-order valence-corrected chi connectivity index (χ3v) is 1.91. The highest BCUT2D eigenvalue weighted by Gasteiger charge is 2.10. The number of ether oxygens (including phenoxy) is 1. The molecule has 2 rings (SSSR count). The average Bonchev–Trinajstić information content (AvgIpc) is 2.81. The Morgan fingerprint density at radius 2 is 2.33 bits per heavy atom. The first-order valence-electron chi connectivity index (χ1n) is 4.60. The summed E-state index contributed by atoms with van der Waals surface area (Å²) in [5, 5.41) is 9.63. The van der Waals surface area contributed by atoms with Crippen LogP contribution in [0.3, 0.4) is 0 Å². The Labute approximate surface area is 87.1 Å². The molecule has 0 aliphatic carbocycles. The fraction of sp³-hybridized carbons (Fsp3) is 0.182. The van der Waals surface area contributed by atoms with Crippen LogP contribution in [0.1, 0.15) is 11.9 Å². The summed E-state index contributed by atoms with van der Waals surface area (Å²) in [4.78, 5) is 3.90. The quantitative estimate of drug-likeness (QED) is 0.826. The van der Waals surface area contributed by atoms with Gasteiger partial charge in [0.2, 0.25) is 0 Å². The van der Waals surface area contributed by atoms with Gasteiger partial charge in [-0.2, -0.15) is 0 Å². The van der Waals surface area contributed by atoms with Gasteiger partial charge in [-0.1, -0.05) is 0 Å². The molecular formula is C11H11NO3. The Kier molecular flexibility index (Phi) is 2.99. The smallest absolute Gasteiger partial charge is 0.145 e. The number of furan rings is 1. The summed E-state index contributed by atoms with van der Waals surface area (Å²) in [5.41, 5.74) is 0. The van der Waals surface area contributed by atoms with Gasteiger partial charge in [-0.3, -0.25) is 4.98 Å². The third-order valence-electron chi connectivity index (χ3n) is 1.91. The van der Waals surface area contributed by atoms with Crippen LogP contribution in [-0.4, -0.2) is 16.7 Å². The summed E-state index contributed by atoms with van der Waals surface area (Å²) in [6, 6.07) is 6.98. The van der Waals surface area contributed by atoms with Crippen molar-refractivity contribution in [1.29, 1.82) is 0 Å². The summed E-state index contributed by atoms with van der Waals surface area (Å²) >= 11 is 0. The molecule has 0 radical (unpaired) electrons. The minimum atomic E-state index is -0.750. The molecule has 2 heterocycles. The van der Waals surface area contributed by atoms with Crippen LogP contribution in [-0.2, 0) is 0 Å². The topological polar surface area (TPSA) is 55.5 Å². The zero-order valence-corrected chi connectivity index (χ0v) is 8.04. The van der Waals surface area contributed by atoms with E-state index in [1.807, 2.05) is 0 Å². The molecule has 15 heavy (non-hydrogen) atoms. The van der Waals surface area contributed by atoms with Crippen LogP contribution in [0, 0.1) is 0 Å². The van der Waals surface area contributed by atoms with Crippen LogP contribution in [0.4, 0.5) is 0 Å². The molecule has 2 aromatic rings. The van der Waals surface area contributed by atoms with Gasteiger partial charge in [0.05, 0.1) is 12.5 Å². The first-order chi connectivity index (χ1) is 7.36. The Hall–Kier alpha value is -1.81. The van der Waals surface area contributed by atoms with Crippen molar-refractivity contribution in [2.24, 2.45) is 0 Å². The average molecular weight is 205 g/mol. The fourth-order valence-corrected chi connectivity index (χ4v) is 1.17. The molecule has 4 heteroatoms. The number of aliphatic hydroxyl groups is 1. The predicted molar refractivity (Wildman–Crippen MR) is 53.4 cm³/mol. The number of nitrogens with zero attached hydrogens (tertiary/aromatic N) is 1. The number of hydrogen-bond acceptors (Lipinski definition) is 4. The van der Waals surface area contributed by atoms with Crippen LogP contribution in [0.5, 0.6) is 5.75 Å². The maximum absolute atomic E-state index is 9.63. The van der Waals surface area contributed by atoms with Gasteiger partial charge in [-0.05, 0) is 24.3 Å². The van der Waals surface area contributed by atoms with E-state index in [4.69, 9.17) is 9.15 Å². The summed E-state index contributed by atoms with van der Waals surface area (Å²) < 4.78 is 10.4. The van der Waals surface area contributed by atoms with Crippen molar-refractivity contribution in [3.8, 4) is 5.75 Å². The molecule has 4 nitrogen and oxygen atoms in total. The zero-order chi connectivity index (χ0) is 10.5. The van der Waals surface area contributed by atoms with Gasteiger partial charge in [0.15, 0.2) is 0 Å². The van der Waals surface area contributed by atoms with Crippen molar-refractivity contribution >= 4 is 0 Å². The summed E-state index contributed by atoms with van der Waals surface area (Å²) in [5.74, 6) is 1.13. The Balaban J connectivity index is 1.89. The highest BCUT2D eigenvalue weighted by molar-refractivity contribution is 5.15. The predicted octanol–water partition coefficient (Wildman–Crippen LogP) is 1.79. The van der Waals surface area contributed by atoms with Crippen LogP contribution < -0.4 is 4.74 Å². The molecule has 2 aromatic heterocycles. The van der Waals surface area contributed by atoms with Crippen molar-refractivity contribution in [3.63, 3.8) is 0 Å². The molecule has 0 bridgehead atoms. The zero-order valence-electron chi connectivity index (χ0n) is 8.04. The number of hydrogen-bond donors (Lipinski definition) is 1. The van der Waals surface area contributed by atoms with E-state index in [2.05, 4.69) is 4.98 Å². The van der Waals surface area contributed by atoms with E-state index in [9.17, 15) is 5.11 Å². The number of aromatic nitrogens is 1. The highest BCUT2D eigenvalue weighted by atomic mass is 16.5. The minimum Gasteiger partial charge on any atom is -0.489 e. The van der Waals surface area contributed by atoms with E-state index in [1.165, 1.54) is 6.26 Å². The molecule has 1 N–H and O–H groups in total. The van der Waals surface area contributed by atoms with Crippen LogP contribution >= 0.6 is 0 Å². The summed E-state index contributed by atoms with van der Waals surface area (Å²) in [6.07, 6.45) is 4.02. The van der Waals surface area contributed by atoms with Crippen molar-refractivity contribution in [2.75, 3.05) is 6.61 Å². The lowest BCUT2D eigenvalue weighted by Gasteiger charge is -2.09. The largest absolute Gasteiger partial charge is 0.489 e. The second-order valence-corrected chi connectivity index (χ2v) is 3.03. The van der Waals surface area contributed by atoms with Gasteiger partial charge in [0.25, 0.3) is 0 Å². The fourth-order valence-electron chi connectivity index (χ4n) is 1.17. The molecule has 1 unspecified atom stereocenters. The molecule has 0 spiro atoms. The van der Waals surface area contributed by atoms with E-state index in [1.54, 1.807) is 36.7 Å². The first-order valence-corrected chi connectivity index (χ1v) is 4.60. The molecule has 0 aliphatic heterocycles. The first kappa shape index (κ1) is 9.73. The molecule has 0 amide bonds. The van der Waals surface area contributed by atoms with E-state index in [0.717, 1.165) is 0 Å². The van der Waals surface area contributed by atoms with Gasteiger partial charge in [-0.25, -0.2) is 0 Å². The molecule has 0 saturated carbocycles. The Morgan fingerprint density at radius 1 is 1.40 bits per heavy atom. The molecule has 0 aliphatic rings. The Bertz CT molecular complexity index is 385. The lowest BCUT2D eigenvalue weighted by molar-refractivity contribution is 0.0886. The lowest BCUT2D eigenvalue weighted by atomic mass is 10.3. The second kappa shape index (κ2) is 4.61. The molecular weight excluding hydrogens is 194 g/mol. The molecule has 0 fully saturated rings. The monoisotopic (exact) mass is 205 g/mol. The van der Waals surface area contributed by atoms with Gasteiger partial charge >= 0.3 is 0 Å². The van der Waals surface area contributed by atoms with Gasteiger partial charge in [0.1, 0.15) is 24.2 Å². The number of aliphatic hydroxyl groups excluding tert-OH is 1. The molecule has 78 valence electrons. The second-order valence-electron chi connectivity index (χ2n) is 3.03. The van der Waals surface area contributed by atoms with Crippen LogP contribution in [0.15, 0.2) is 47.3 Å². The van der Waals surface area contributed by atoms with Gasteiger partial charge < -0.3 is 14.3 Å². The van der Waals surface area contributed by atoms with E-state index in [0.29, 0.717) is 11.5 Å². The lowest BCUT2D eigenvalue weighted by Crippen LogP contribution is -2.08. The standard InChI is InChI=1S/C11H11NO3/c13-10(11-4-2-6-14-11)8-15-9-3-1-5-12-7-9/h1-7,10,13H,8H2. The van der Waals surface area contributed by atoms with E-state index < -0.39 is 6.10 Å². The van der Waals surface area contributed by atoms with Crippen molar-refractivity contribution < 1.29 is 14.3 Å². The van der Waals surface area contributed by atoms with Gasteiger partial charge in [-0.15, -0.1) is 0 Å².